The maximum Gasteiger partial charge on any atom is 0.244 e. The van der Waals surface area contributed by atoms with Gasteiger partial charge in [-0.1, -0.05) is 24.3 Å². The van der Waals surface area contributed by atoms with Crippen molar-refractivity contribution in [1.82, 2.24) is 24.5 Å². The summed E-state index contributed by atoms with van der Waals surface area (Å²) in [5.41, 5.74) is 5.10. The first kappa shape index (κ1) is 23.9. The Labute approximate surface area is 214 Å². The van der Waals surface area contributed by atoms with Gasteiger partial charge in [-0.05, 0) is 48.5 Å². The molecule has 0 unspecified atom stereocenters. The second-order valence-corrected chi connectivity index (χ2v) is 8.36. The molecule has 0 spiro atoms. The van der Waals surface area contributed by atoms with Gasteiger partial charge >= 0.3 is 0 Å². The van der Waals surface area contributed by atoms with E-state index in [9.17, 15) is 4.79 Å². The Bertz CT molecular complexity index is 1520. The largest absolute Gasteiger partial charge is 0.493 e. The molecule has 0 bridgehead atoms. The standard InChI is InChI=1S/C29H27N5O3/c1-36-25-13-11-21(18-26(25)37-2)29-22(19-34(32-29)24-8-4-3-5-9-24)12-14-28(35)30-16-15-23-20-33-17-7-6-10-27(33)31-23/h3-14,17-20H,15-16H2,1-2H3,(H,30,35). The number of carbonyl (C=O) groups excluding carboxylic acids is 1. The van der Waals surface area contributed by atoms with Crippen LogP contribution in [0.3, 0.4) is 0 Å². The summed E-state index contributed by atoms with van der Waals surface area (Å²) in [4.78, 5) is 17.2. The van der Waals surface area contributed by atoms with Crippen LogP contribution in [-0.4, -0.2) is 45.8 Å². The molecule has 0 fully saturated rings. The van der Waals surface area contributed by atoms with Gasteiger partial charge in [-0.25, -0.2) is 9.67 Å². The molecule has 0 aliphatic carbocycles. The Morgan fingerprint density at radius 2 is 1.78 bits per heavy atom. The first-order valence-electron chi connectivity index (χ1n) is 11.9. The van der Waals surface area contributed by atoms with Gasteiger partial charge in [0.1, 0.15) is 11.3 Å². The third-order valence-electron chi connectivity index (χ3n) is 5.93. The number of imidazole rings is 1. The lowest BCUT2D eigenvalue weighted by atomic mass is 10.1. The van der Waals surface area contributed by atoms with Gasteiger partial charge in [0.05, 0.1) is 25.6 Å². The lowest BCUT2D eigenvalue weighted by molar-refractivity contribution is -0.116. The minimum atomic E-state index is -0.186. The average Bonchev–Trinajstić information content (AvgIpc) is 3.56. The van der Waals surface area contributed by atoms with Crippen LogP contribution in [0.25, 0.3) is 28.7 Å². The van der Waals surface area contributed by atoms with E-state index in [4.69, 9.17) is 14.6 Å². The molecule has 0 radical (unpaired) electrons. The van der Waals surface area contributed by atoms with Crippen molar-refractivity contribution >= 4 is 17.6 Å². The van der Waals surface area contributed by atoms with Crippen molar-refractivity contribution in [2.75, 3.05) is 20.8 Å². The van der Waals surface area contributed by atoms with E-state index < -0.39 is 0 Å². The molecule has 0 aliphatic heterocycles. The molecular formula is C29H27N5O3. The molecule has 1 N–H and O–H groups in total. The molecule has 0 saturated carbocycles. The topological polar surface area (TPSA) is 82.7 Å². The predicted octanol–water partition coefficient (Wildman–Crippen LogP) is 4.58. The van der Waals surface area contributed by atoms with Gasteiger partial charge in [-0.2, -0.15) is 5.10 Å². The summed E-state index contributed by atoms with van der Waals surface area (Å²) in [6, 6.07) is 21.3. The van der Waals surface area contributed by atoms with Gasteiger partial charge in [-0.3, -0.25) is 4.79 Å². The van der Waals surface area contributed by atoms with Crippen LogP contribution < -0.4 is 14.8 Å². The second-order valence-electron chi connectivity index (χ2n) is 8.36. The minimum Gasteiger partial charge on any atom is -0.493 e. The van der Waals surface area contributed by atoms with Crippen molar-refractivity contribution in [2.45, 2.75) is 6.42 Å². The Kier molecular flexibility index (Phi) is 6.98. The fourth-order valence-electron chi connectivity index (χ4n) is 4.08. The number of pyridine rings is 1. The van der Waals surface area contributed by atoms with Crippen molar-refractivity contribution < 1.29 is 14.3 Å². The minimum absolute atomic E-state index is 0.186. The number of fused-ring (bicyclic) bond motifs is 1. The number of nitrogens with one attached hydrogen (secondary N) is 1. The molecule has 2 aromatic carbocycles. The molecule has 3 aromatic heterocycles. The van der Waals surface area contributed by atoms with Gasteiger partial charge in [0.25, 0.3) is 0 Å². The monoisotopic (exact) mass is 493 g/mol. The highest BCUT2D eigenvalue weighted by Crippen LogP contribution is 2.33. The Balaban J connectivity index is 1.34. The number of aromatic nitrogens is 4. The SMILES string of the molecule is COc1ccc(-c2nn(-c3ccccc3)cc2C=CC(=O)NCCc2cn3ccccc3n2)cc1OC. The van der Waals surface area contributed by atoms with Crippen LogP contribution in [0, 0.1) is 0 Å². The van der Waals surface area contributed by atoms with Crippen LogP contribution in [0.5, 0.6) is 11.5 Å². The van der Waals surface area contributed by atoms with E-state index in [1.807, 2.05) is 89.7 Å². The first-order chi connectivity index (χ1) is 18.1. The van der Waals surface area contributed by atoms with Gasteiger partial charge in [-0.15, -0.1) is 0 Å². The van der Waals surface area contributed by atoms with E-state index in [0.29, 0.717) is 24.5 Å². The fourth-order valence-corrected chi connectivity index (χ4v) is 4.08. The Hall–Kier alpha value is -4.85. The summed E-state index contributed by atoms with van der Waals surface area (Å²) in [6.45, 7) is 0.485. The number of methoxy groups -OCH3 is 2. The normalized spacial score (nSPS) is 11.2. The number of para-hydroxylation sites is 1. The zero-order valence-electron chi connectivity index (χ0n) is 20.7. The second kappa shape index (κ2) is 10.8. The molecule has 3 heterocycles. The summed E-state index contributed by atoms with van der Waals surface area (Å²) in [5, 5.41) is 7.75. The lowest BCUT2D eigenvalue weighted by Crippen LogP contribution is -2.23. The zero-order chi connectivity index (χ0) is 25.6. The highest BCUT2D eigenvalue weighted by atomic mass is 16.5. The van der Waals surface area contributed by atoms with Gasteiger partial charge in [0.15, 0.2) is 11.5 Å². The van der Waals surface area contributed by atoms with Crippen LogP contribution in [-0.2, 0) is 11.2 Å². The summed E-state index contributed by atoms with van der Waals surface area (Å²) in [6.07, 6.45) is 9.79. The molecule has 186 valence electrons. The van der Waals surface area contributed by atoms with Crippen LogP contribution in [0.15, 0.2) is 91.4 Å². The quantitative estimate of drug-likeness (QED) is 0.304. The van der Waals surface area contributed by atoms with E-state index in [-0.39, 0.29) is 5.91 Å². The van der Waals surface area contributed by atoms with Crippen molar-refractivity contribution in [3.63, 3.8) is 0 Å². The number of carbonyl (C=O) groups is 1. The maximum atomic E-state index is 12.6. The first-order valence-corrected chi connectivity index (χ1v) is 11.9. The third-order valence-corrected chi connectivity index (χ3v) is 5.93. The molecule has 8 nitrogen and oxygen atoms in total. The molecular weight excluding hydrogens is 466 g/mol. The molecule has 1 amide bonds. The molecule has 0 saturated heterocycles. The number of rotatable bonds is 9. The summed E-state index contributed by atoms with van der Waals surface area (Å²) in [7, 11) is 3.20. The number of benzene rings is 2. The number of hydrogen-bond acceptors (Lipinski definition) is 5. The van der Waals surface area contributed by atoms with Crippen LogP contribution >= 0.6 is 0 Å². The molecule has 8 heteroatoms. The van der Waals surface area contributed by atoms with E-state index in [1.165, 1.54) is 6.08 Å². The van der Waals surface area contributed by atoms with Crippen LogP contribution in [0.4, 0.5) is 0 Å². The number of ether oxygens (including phenoxy) is 2. The van der Waals surface area contributed by atoms with Crippen molar-refractivity contribution in [3.05, 3.63) is 103 Å². The van der Waals surface area contributed by atoms with E-state index >= 15 is 0 Å². The maximum absolute atomic E-state index is 12.6. The predicted molar refractivity (Wildman–Crippen MR) is 143 cm³/mol. The average molecular weight is 494 g/mol. The molecule has 37 heavy (non-hydrogen) atoms. The summed E-state index contributed by atoms with van der Waals surface area (Å²) >= 11 is 0. The summed E-state index contributed by atoms with van der Waals surface area (Å²) < 4.78 is 14.6. The number of hydrogen-bond donors (Lipinski definition) is 1. The smallest absolute Gasteiger partial charge is 0.244 e. The zero-order valence-corrected chi connectivity index (χ0v) is 20.7. The van der Waals surface area contributed by atoms with E-state index in [0.717, 1.165) is 33.8 Å². The van der Waals surface area contributed by atoms with E-state index in [1.54, 1.807) is 25.0 Å². The molecule has 0 aliphatic rings. The van der Waals surface area contributed by atoms with Crippen molar-refractivity contribution in [1.29, 1.82) is 0 Å². The summed E-state index contributed by atoms with van der Waals surface area (Å²) in [5.74, 6) is 1.05. The van der Waals surface area contributed by atoms with Gasteiger partial charge in [0.2, 0.25) is 5.91 Å². The Morgan fingerprint density at radius 1 is 0.973 bits per heavy atom. The Morgan fingerprint density at radius 3 is 2.57 bits per heavy atom. The lowest BCUT2D eigenvalue weighted by Gasteiger charge is -2.09. The van der Waals surface area contributed by atoms with Gasteiger partial charge in [0, 0.05) is 48.8 Å². The molecule has 5 aromatic rings. The molecule has 5 rings (SSSR count). The van der Waals surface area contributed by atoms with E-state index in [2.05, 4.69) is 10.3 Å². The molecule has 0 atom stereocenters. The number of amides is 1. The fraction of sp³-hybridized carbons (Fsp3) is 0.138. The highest BCUT2D eigenvalue weighted by Gasteiger charge is 2.14. The number of nitrogens with zero attached hydrogens (tertiary/aromatic N) is 4. The van der Waals surface area contributed by atoms with Crippen molar-refractivity contribution in [3.8, 4) is 28.4 Å². The highest BCUT2D eigenvalue weighted by molar-refractivity contribution is 5.92. The van der Waals surface area contributed by atoms with Crippen LogP contribution in [0.2, 0.25) is 0 Å². The van der Waals surface area contributed by atoms with Gasteiger partial charge < -0.3 is 19.2 Å². The third kappa shape index (κ3) is 5.38. The van der Waals surface area contributed by atoms with Crippen LogP contribution in [0.1, 0.15) is 11.3 Å². The van der Waals surface area contributed by atoms with Crippen molar-refractivity contribution in [2.24, 2.45) is 0 Å².